The zero-order chi connectivity index (χ0) is 22.4. The summed E-state index contributed by atoms with van der Waals surface area (Å²) in [5, 5.41) is 11.3. The van der Waals surface area contributed by atoms with E-state index >= 15 is 0 Å². The molecule has 0 aromatic heterocycles. The zero-order valence-corrected chi connectivity index (χ0v) is 18.2. The monoisotopic (exact) mass is 424 g/mol. The van der Waals surface area contributed by atoms with Gasteiger partial charge in [0.15, 0.2) is 0 Å². The molecule has 1 aliphatic rings. The van der Waals surface area contributed by atoms with Crippen LogP contribution in [0.3, 0.4) is 0 Å². The van der Waals surface area contributed by atoms with Gasteiger partial charge in [-0.3, -0.25) is 0 Å². The predicted octanol–water partition coefficient (Wildman–Crippen LogP) is 3.86. The Hall–Kier alpha value is -3.25. The summed E-state index contributed by atoms with van der Waals surface area (Å²) >= 11 is 0. The minimum absolute atomic E-state index is 0.412. The smallest absolute Gasteiger partial charge is 0.137 e. The lowest BCUT2D eigenvalue weighted by Gasteiger charge is -2.35. The second-order valence-electron chi connectivity index (χ2n) is 7.38. The van der Waals surface area contributed by atoms with Gasteiger partial charge in [-0.15, -0.1) is 0 Å². The summed E-state index contributed by atoms with van der Waals surface area (Å²) in [5.74, 6) is 1.47. The number of aldehydes is 1. The van der Waals surface area contributed by atoms with Crippen LogP contribution in [0.5, 0.6) is 11.5 Å². The SMILES string of the molecule is COC1=C[C@](C=O)(Cc2ccccc2)C(OC)=C[C@H]1[C@@H](O)c1cc(OC)ccc1OC. The molecule has 164 valence electrons. The van der Waals surface area contributed by atoms with E-state index in [1.165, 1.54) is 14.2 Å². The lowest BCUT2D eigenvalue weighted by atomic mass is 9.74. The van der Waals surface area contributed by atoms with Crippen LogP contribution >= 0.6 is 0 Å². The third-order valence-corrected chi connectivity index (χ3v) is 5.62. The molecule has 0 fully saturated rings. The average Bonchev–Trinajstić information content (AvgIpc) is 2.83. The highest BCUT2D eigenvalue weighted by Gasteiger charge is 2.42. The highest BCUT2D eigenvalue weighted by atomic mass is 16.5. The van der Waals surface area contributed by atoms with Crippen molar-refractivity contribution in [1.82, 2.24) is 0 Å². The fourth-order valence-corrected chi connectivity index (χ4v) is 3.99. The molecule has 0 saturated carbocycles. The molecule has 6 heteroatoms. The van der Waals surface area contributed by atoms with Gasteiger partial charge in [0.2, 0.25) is 0 Å². The van der Waals surface area contributed by atoms with Crippen molar-refractivity contribution in [3.05, 3.63) is 83.3 Å². The molecule has 3 atom stereocenters. The molecule has 0 saturated heterocycles. The van der Waals surface area contributed by atoms with E-state index in [-0.39, 0.29) is 0 Å². The summed E-state index contributed by atoms with van der Waals surface area (Å²) in [4.78, 5) is 12.3. The van der Waals surface area contributed by atoms with Crippen LogP contribution in [-0.4, -0.2) is 39.8 Å². The van der Waals surface area contributed by atoms with Gasteiger partial charge in [-0.1, -0.05) is 30.3 Å². The molecule has 0 amide bonds. The van der Waals surface area contributed by atoms with Gasteiger partial charge >= 0.3 is 0 Å². The van der Waals surface area contributed by atoms with Crippen LogP contribution in [0.2, 0.25) is 0 Å². The van der Waals surface area contributed by atoms with Crippen LogP contribution in [0, 0.1) is 11.3 Å². The van der Waals surface area contributed by atoms with Crippen molar-refractivity contribution in [1.29, 1.82) is 0 Å². The van der Waals surface area contributed by atoms with Crippen molar-refractivity contribution in [3.63, 3.8) is 0 Å². The van der Waals surface area contributed by atoms with Gasteiger partial charge in [-0.05, 0) is 42.3 Å². The van der Waals surface area contributed by atoms with E-state index < -0.39 is 17.4 Å². The molecule has 0 aliphatic heterocycles. The summed E-state index contributed by atoms with van der Waals surface area (Å²) in [6.45, 7) is 0. The third-order valence-electron chi connectivity index (χ3n) is 5.62. The Labute approximate surface area is 182 Å². The number of carbonyl (C=O) groups excluding carboxylic acids is 1. The van der Waals surface area contributed by atoms with Crippen LogP contribution in [0.15, 0.2) is 72.2 Å². The Morgan fingerprint density at radius 2 is 1.74 bits per heavy atom. The second-order valence-corrected chi connectivity index (χ2v) is 7.38. The van der Waals surface area contributed by atoms with Gasteiger partial charge in [-0.25, -0.2) is 0 Å². The maximum atomic E-state index is 12.3. The van der Waals surface area contributed by atoms with Crippen LogP contribution in [0.25, 0.3) is 0 Å². The van der Waals surface area contributed by atoms with Crippen molar-refractivity contribution < 1.29 is 28.8 Å². The summed E-state index contributed by atoms with van der Waals surface area (Å²) in [6, 6.07) is 14.9. The number of benzene rings is 2. The maximum Gasteiger partial charge on any atom is 0.137 e. The first kappa shape index (κ1) is 22.4. The van der Waals surface area contributed by atoms with E-state index in [4.69, 9.17) is 18.9 Å². The molecule has 6 nitrogen and oxygen atoms in total. The molecule has 2 aromatic carbocycles. The van der Waals surface area contributed by atoms with Crippen molar-refractivity contribution in [2.24, 2.45) is 11.3 Å². The molecule has 1 N–H and O–H groups in total. The topological polar surface area (TPSA) is 74.2 Å². The van der Waals surface area contributed by atoms with Gasteiger partial charge in [0, 0.05) is 5.56 Å². The molecule has 0 spiro atoms. The van der Waals surface area contributed by atoms with Crippen molar-refractivity contribution in [3.8, 4) is 11.5 Å². The van der Waals surface area contributed by atoms with Gasteiger partial charge < -0.3 is 28.8 Å². The lowest BCUT2D eigenvalue weighted by molar-refractivity contribution is -0.114. The number of aliphatic hydroxyl groups excluding tert-OH is 1. The number of methoxy groups -OCH3 is 4. The predicted molar refractivity (Wildman–Crippen MR) is 117 cm³/mol. The first-order valence-electron chi connectivity index (χ1n) is 9.95. The molecular weight excluding hydrogens is 396 g/mol. The normalized spacial score (nSPS) is 21.4. The maximum absolute atomic E-state index is 12.3. The summed E-state index contributed by atoms with van der Waals surface area (Å²) in [7, 11) is 6.15. The van der Waals surface area contributed by atoms with Crippen LogP contribution in [0.4, 0.5) is 0 Å². The van der Waals surface area contributed by atoms with E-state index in [1.54, 1.807) is 44.6 Å². The number of carbonyl (C=O) groups is 1. The third kappa shape index (κ3) is 4.44. The van der Waals surface area contributed by atoms with Gasteiger partial charge in [0.25, 0.3) is 0 Å². The second kappa shape index (κ2) is 9.71. The van der Waals surface area contributed by atoms with E-state index in [0.29, 0.717) is 35.0 Å². The fourth-order valence-electron chi connectivity index (χ4n) is 3.99. The molecule has 0 heterocycles. The van der Waals surface area contributed by atoms with E-state index in [0.717, 1.165) is 11.8 Å². The molecule has 3 rings (SSSR count). The molecule has 2 aromatic rings. The van der Waals surface area contributed by atoms with Crippen molar-refractivity contribution in [2.75, 3.05) is 28.4 Å². The van der Waals surface area contributed by atoms with Gasteiger partial charge in [0.05, 0.1) is 40.5 Å². The van der Waals surface area contributed by atoms with Crippen LogP contribution in [-0.2, 0) is 20.7 Å². The Morgan fingerprint density at radius 1 is 1.00 bits per heavy atom. The Morgan fingerprint density at radius 3 is 2.32 bits per heavy atom. The number of hydrogen-bond acceptors (Lipinski definition) is 6. The van der Waals surface area contributed by atoms with Crippen molar-refractivity contribution in [2.45, 2.75) is 12.5 Å². The Bertz CT molecular complexity index is 965. The van der Waals surface area contributed by atoms with E-state index in [1.807, 2.05) is 30.3 Å². The largest absolute Gasteiger partial charge is 0.501 e. The first-order valence-corrected chi connectivity index (χ1v) is 9.95. The number of allylic oxidation sites excluding steroid dienone is 1. The number of rotatable bonds is 9. The molecule has 0 bridgehead atoms. The zero-order valence-electron chi connectivity index (χ0n) is 18.2. The fraction of sp³-hybridized carbons (Fsp3) is 0.320. The molecule has 1 aliphatic carbocycles. The standard InChI is InChI=1S/C25H28O6/c1-28-18-10-11-21(29-2)19(12-18)24(27)20-13-23(31-4)25(16-26,15-22(20)30-3)14-17-8-6-5-7-9-17/h5-13,15-16,20,24,27H,14H2,1-4H3/t20-,24+,25+/m1/s1. The van der Waals surface area contributed by atoms with Crippen LogP contribution in [0.1, 0.15) is 17.2 Å². The molecular formula is C25H28O6. The minimum atomic E-state index is -1.03. The van der Waals surface area contributed by atoms with Gasteiger partial charge in [-0.2, -0.15) is 0 Å². The quantitative estimate of drug-likeness (QED) is 0.617. The first-order chi connectivity index (χ1) is 15.0. The molecule has 0 radical (unpaired) electrons. The summed E-state index contributed by atoms with van der Waals surface area (Å²) in [6.07, 6.45) is 3.76. The summed E-state index contributed by atoms with van der Waals surface area (Å²) in [5.41, 5.74) is 0.497. The Kier molecular flexibility index (Phi) is 7.02. The lowest BCUT2D eigenvalue weighted by Crippen LogP contribution is -2.33. The van der Waals surface area contributed by atoms with Crippen molar-refractivity contribution >= 4 is 6.29 Å². The minimum Gasteiger partial charge on any atom is -0.501 e. The van der Waals surface area contributed by atoms with E-state index in [2.05, 4.69) is 0 Å². The average molecular weight is 424 g/mol. The Balaban J connectivity index is 2.05. The number of aliphatic hydroxyl groups is 1. The van der Waals surface area contributed by atoms with Gasteiger partial charge in [0.1, 0.15) is 34.7 Å². The van der Waals surface area contributed by atoms with Crippen LogP contribution < -0.4 is 9.47 Å². The highest BCUT2D eigenvalue weighted by molar-refractivity contribution is 5.70. The number of hydrogen-bond donors (Lipinski definition) is 1. The van der Waals surface area contributed by atoms with E-state index in [9.17, 15) is 9.90 Å². The molecule has 0 unspecified atom stereocenters. The summed E-state index contributed by atoms with van der Waals surface area (Å²) < 4.78 is 22.0. The number of ether oxygens (including phenoxy) is 4. The molecule has 31 heavy (non-hydrogen) atoms. The highest BCUT2D eigenvalue weighted by Crippen LogP contribution is 2.45.